The van der Waals surface area contributed by atoms with Crippen LogP contribution in [0.1, 0.15) is 24.6 Å². The minimum absolute atomic E-state index is 0.0272. The molecule has 3 atom stereocenters. The zero-order valence-corrected chi connectivity index (χ0v) is 13.1. The van der Waals surface area contributed by atoms with E-state index in [2.05, 4.69) is 12.6 Å². The number of likely N-dealkylation sites (tertiary alicyclic amines) is 1. The van der Waals surface area contributed by atoms with Crippen molar-refractivity contribution in [1.29, 1.82) is 0 Å². The Labute approximate surface area is 138 Å². The average molecular weight is 339 g/mol. The maximum Gasteiger partial charge on any atom is 0.415 e. The predicted molar refractivity (Wildman–Crippen MR) is 84.4 cm³/mol. The van der Waals surface area contributed by atoms with E-state index in [0.29, 0.717) is 6.42 Å². The van der Waals surface area contributed by atoms with Crippen LogP contribution in [0.25, 0.3) is 0 Å². The number of amides is 2. The number of nitrogens with two attached hydrogens (primary N) is 1. The van der Waals surface area contributed by atoms with Gasteiger partial charge < -0.3 is 15.4 Å². The lowest BCUT2D eigenvalue weighted by Gasteiger charge is -2.23. The van der Waals surface area contributed by atoms with Gasteiger partial charge in [0.25, 0.3) is 0 Å². The van der Waals surface area contributed by atoms with Crippen LogP contribution in [-0.2, 0) is 9.53 Å². The molecule has 0 spiro atoms. The van der Waals surface area contributed by atoms with E-state index in [0.717, 1.165) is 0 Å². The molecule has 3 unspecified atom stereocenters. The van der Waals surface area contributed by atoms with Crippen molar-refractivity contribution in [2.75, 3.05) is 6.54 Å². The van der Waals surface area contributed by atoms with Crippen LogP contribution in [0.15, 0.2) is 30.3 Å². The second-order valence-electron chi connectivity index (χ2n) is 5.30. The minimum atomic E-state index is -1.60. The van der Waals surface area contributed by atoms with Crippen LogP contribution >= 0.6 is 12.6 Å². The number of carbonyl (C=O) groups excluding carboxylic acids is 2. The van der Waals surface area contributed by atoms with Gasteiger partial charge in [-0.2, -0.15) is 12.6 Å². The number of ether oxygens (including phenoxy) is 1. The molecule has 124 valence electrons. The van der Waals surface area contributed by atoms with E-state index in [1.165, 1.54) is 17.0 Å². The molecule has 0 saturated carbocycles. The molecular formula is C14H17N3O5S. The number of hydrogen-bond donors (Lipinski definition) is 2. The molecule has 1 aromatic carbocycles. The molecule has 0 aliphatic carbocycles. The first-order valence-corrected chi connectivity index (χ1v) is 7.52. The van der Waals surface area contributed by atoms with E-state index in [4.69, 9.17) is 10.5 Å². The van der Waals surface area contributed by atoms with Crippen molar-refractivity contribution in [3.05, 3.63) is 46.0 Å². The van der Waals surface area contributed by atoms with Crippen molar-refractivity contribution in [3.8, 4) is 0 Å². The summed E-state index contributed by atoms with van der Waals surface area (Å²) < 4.78 is 5.04. The van der Waals surface area contributed by atoms with E-state index >= 15 is 0 Å². The van der Waals surface area contributed by atoms with Crippen LogP contribution in [0.5, 0.6) is 0 Å². The van der Waals surface area contributed by atoms with Gasteiger partial charge in [0.1, 0.15) is 0 Å². The topological polar surface area (TPSA) is 116 Å². The molecule has 1 aliphatic rings. The van der Waals surface area contributed by atoms with E-state index in [-0.39, 0.29) is 23.8 Å². The maximum atomic E-state index is 12.3. The van der Waals surface area contributed by atoms with Crippen molar-refractivity contribution in [3.63, 3.8) is 0 Å². The summed E-state index contributed by atoms with van der Waals surface area (Å²) in [5, 5.41) is 11.1. The van der Waals surface area contributed by atoms with E-state index < -0.39 is 29.2 Å². The highest BCUT2D eigenvalue weighted by atomic mass is 32.1. The number of carbonyl (C=O) groups is 2. The number of nitro groups is 1. The first kappa shape index (κ1) is 17.1. The van der Waals surface area contributed by atoms with Gasteiger partial charge in [0.15, 0.2) is 0 Å². The fourth-order valence-corrected chi connectivity index (χ4v) is 2.97. The van der Waals surface area contributed by atoms with E-state index in [1.54, 1.807) is 18.2 Å². The zero-order chi connectivity index (χ0) is 17.0. The van der Waals surface area contributed by atoms with Gasteiger partial charge in [0.2, 0.25) is 5.91 Å². The molecule has 23 heavy (non-hydrogen) atoms. The van der Waals surface area contributed by atoms with Gasteiger partial charge in [-0.15, -0.1) is 0 Å². The Kier molecular flexibility index (Phi) is 5.43. The molecule has 0 aromatic heterocycles. The summed E-state index contributed by atoms with van der Waals surface area (Å²) in [5.41, 5.74) is 5.43. The monoisotopic (exact) mass is 339 g/mol. The molecule has 2 N–H and O–H groups in total. The Morgan fingerprint density at radius 2 is 2.09 bits per heavy atom. The second kappa shape index (κ2) is 7.32. The molecule has 8 nitrogen and oxygen atoms in total. The van der Waals surface area contributed by atoms with Crippen LogP contribution in [0.3, 0.4) is 0 Å². The van der Waals surface area contributed by atoms with Crippen LogP contribution < -0.4 is 5.73 Å². The third-order valence-corrected chi connectivity index (χ3v) is 3.93. The summed E-state index contributed by atoms with van der Waals surface area (Å²) in [4.78, 5) is 35.2. The summed E-state index contributed by atoms with van der Waals surface area (Å²) in [6.07, 6.45) is -1.99. The Bertz CT molecular complexity index is 597. The van der Waals surface area contributed by atoms with Gasteiger partial charge in [-0.25, -0.2) is 4.79 Å². The summed E-state index contributed by atoms with van der Waals surface area (Å²) >= 11 is 4.29. The van der Waals surface area contributed by atoms with Crippen LogP contribution in [-0.4, -0.2) is 39.7 Å². The van der Waals surface area contributed by atoms with Gasteiger partial charge >= 0.3 is 12.3 Å². The van der Waals surface area contributed by atoms with Gasteiger partial charge in [0, 0.05) is 24.3 Å². The predicted octanol–water partition coefficient (Wildman–Crippen LogP) is 1.35. The third-order valence-electron chi connectivity index (χ3n) is 3.55. The molecule has 0 bridgehead atoms. The van der Waals surface area contributed by atoms with E-state index in [9.17, 15) is 19.7 Å². The van der Waals surface area contributed by atoms with Crippen LogP contribution in [0, 0.1) is 10.1 Å². The number of primary amides is 1. The summed E-state index contributed by atoms with van der Waals surface area (Å²) in [7, 11) is 0. The molecule has 1 aromatic rings. The van der Waals surface area contributed by atoms with Crippen molar-refractivity contribution < 1.29 is 19.2 Å². The largest absolute Gasteiger partial charge is 0.415 e. The van der Waals surface area contributed by atoms with Crippen molar-refractivity contribution in [1.82, 2.24) is 4.90 Å². The van der Waals surface area contributed by atoms with Crippen molar-refractivity contribution >= 4 is 24.6 Å². The third kappa shape index (κ3) is 4.35. The normalized spacial score (nSPS) is 21.7. The molecule has 1 aliphatic heterocycles. The Morgan fingerprint density at radius 3 is 2.65 bits per heavy atom. The van der Waals surface area contributed by atoms with Crippen LogP contribution in [0.4, 0.5) is 4.79 Å². The lowest BCUT2D eigenvalue weighted by molar-refractivity contribution is -0.575. The highest BCUT2D eigenvalue weighted by molar-refractivity contribution is 7.81. The first-order chi connectivity index (χ1) is 10.9. The highest BCUT2D eigenvalue weighted by Gasteiger charge is 2.38. The average Bonchev–Trinajstić information content (AvgIpc) is 2.85. The molecule has 0 radical (unpaired) electrons. The first-order valence-electron chi connectivity index (χ1n) is 7.00. The molecule has 9 heteroatoms. The standard InChI is InChI=1S/C14H17N3O5S/c15-12(18)7-10-6-11(23)8-16(10)14(19)22-13(17(20)21)9-4-2-1-3-5-9/h1-5,10-11,13,23H,6-8H2,(H2,15,18). The Balaban J connectivity index is 2.12. The zero-order valence-electron chi connectivity index (χ0n) is 12.2. The number of rotatable bonds is 5. The molecule has 1 fully saturated rings. The van der Waals surface area contributed by atoms with Crippen molar-refractivity contribution in [2.45, 2.75) is 30.4 Å². The molecule has 1 saturated heterocycles. The number of thiol groups is 1. The smallest absolute Gasteiger partial charge is 0.377 e. The van der Waals surface area contributed by atoms with Crippen LogP contribution in [0.2, 0.25) is 0 Å². The summed E-state index contributed by atoms with van der Waals surface area (Å²) in [5.74, 6) is -0.552. The van der Waals surface area contributed by atoms with E-state index in [1.807, 2.05) is 0 Å². The number of hydrogen-bond acceptors (Lipinski definition) is 6. The number of nitrogens with zero attached hydrogens (tertiary/aromatic N) is 2. The SMILES string of the molecule is NC(=O)CC1CC(S)CN1C(=O)OC(c1ccccc1)[N+](=O)[O-]. The fourth-order valence-electron chi connectivity index (χ4n) is 2.55. The Morgan fingerprint density at radius 1 is 1.43 bits per heavy atom. The van der Waals surface area contributed by atoms with Gasteiger partial charge in [-0.1, -0.05) is 18.2 Å². The van der Waals surface area contributed by atoms with Gasteiger partial charge in [0.05, 0.1) is 10.5 Å². The quantitative estimate of drug-likeness (QED) is 0.363. The van der Waals surface area contributed by atoms with Gasteiger partial charge in [-0.05, 0) is 18.6 Å². The van der Waals surface area contributed by atoms with Crippen molar-refractivity contribution in [2.24, 2.45) is 5.73 Å². The summed E-state index contributed by atoms with van der Waals surface area (Å²) in [6, 6.07) is 7.51. The lowest BCUT2D eigenvalue weighted by atomic mass is 10.1. The minimum Gasteiger partial charge on any atom is -0.377 e. The molecule has 1 heterocycles. The fraction of sp³-hybridized carbons (Fsp3) is 0.429. The molecular weight excluding hydrogens is 322 g/mol. The molecule has 2 amide bonds. The number of benzene rings is 1. The Hall–Kier alpha value is -2.29. The van der Waals surface area contributed by atoms with Gasteiger partial charge in [-0.3, -0.25) is 14.9 Å². The second-order valence-corrected chi connectivity index (χ2v) is 6.03. The summed E-state index contributed by atoms with van der Waals surface area (Å²) in [6.45, 7) is 0.249. The molecule has 2 rings (SSSR count). The maximum absolute atomic E-state index is 12.3. The lowest BCUT2D eigenvalue weighted by Crippen LogP contribution is -2.39. The highest BCUT2D eigenvalue weighted by Crippen LogP contribution is 2.27.